The number of amides is 2. The fourth-order valence-corrected chi connectivity index (χ4v) is 3.71. The summed E-state index contributed by atoms with van der Waals surface area (Å²) in [6, 6.07) is -0.489. The third-order valence-corrected chi connectivity index (χ3v) is 5.40. The van der Waals surface area contributed by atoms with Gasteiger partial charge in [-0.2, -0.15) is 5.06 Å². The SMILES string of the molecule is CCCCOC(=O)[C@@H]1CC2(CC2)C2CN1C(=O)N2OCCCC. The highest BCUT2D eigenvalue weighted by atomic mass is 16.7. The summed E-state index contributed by atoms with van der Waals surface area (Å²) in [5.41, 5.74) is 0.0727. The lowest BCUT2D eigenvalue weighted by Crippen LogP contribution is -2.49. The Labute approximate surface area is 138 Å². The van der Waals surface area contributed by atoms with Gasteiger partial charge in [0.05, 0.1) is 19.3 Å². The smallest absolute Gasteiger partial charge is 0.345 e. The molecule has 0 aromatic rings. The topological polar surface area (TPSA) is 59.1 Å². The first-order chi connectivity index (χ1) is 11.1. The van der Waals surface area contributed by atoms with E-state index in [0.29, 0.717) is 19.8 Å². The van der Waals surface area contributed by atoms with Crippen molar-refractivity contribution < 1.29 is 19.2 Å². The van der Waals surface area contributed by atoms with Gasteiger partial charge in [0, 0.05) is 6.54 Å². The molecule has 3 rings (SSSR count). The van der Waals surface area contributed by atoms with E-state index in [1.165, 1.54) is 0 Å². The van der Waals surface area contributed by atoms with Crippen molar-refractivity contribution in [2.45, 2.75) is 70.9 Å². The third kappa shape index (κ3) is 3.05. The van der Waals surface area contributed by atoms with Gasteiger partial charge in [-0.1, -0.05) is 26.7 Å². The summed E-state index contributed by atoms with van der Waals surface area (Å²) < 4.78 is 5.38. The minimum Gasteiger partial charge on any atom is -0.464 e. The molecule has 1 spiro atoms. The molecule has 6 heteroatoms. The summed E-state index contributed by atoms with van der Waals surface area (Å²) in [5.74, 6) is -0.244. The predicted molar refractivity (Wildman–Crippen MR) is 84.5 cm³/mol. The zero-order valence-corrected chi connectivity index (χ0v) is 14.3. The second kappa shape index (κ2) is 6.67. The van der Waals surface area contributed by atoms with E-state index in [0.717, 1.165) is 44.9 Å². The number of fused-ring (bicyclic) bond motifs is 3. The number of carbonyl (C=O) groups is 2. The molecule has 0 radical (unpaired) electrons. The number of hydrogen-bond donors (Lipinski definition) is 0. The molecule has 2 aliphatic heterocycles. The molecule has 0 aromatic heterocycles. The van der Waals surface area contributed by atoms with Crippen molar-refractivity contribution in [2.24, 2.45) is 5.41 Å². The molecule has 3 fully saturated rings. The lowest BCUT2D eigenvalue weighted by atomic mass is 9.85. The van der Waals surface area contributed by atoms with Gasteiger partial charge in [0.15, 0.2) is 0 Å². The highest BCUT2D eigenvalue weighted by molar-refractivity contribution is 5.86. The third-order valence-electron chi connectivity index (χ3n) is 5.40. The minimum atomic E-state index is -0.433. The van der Waals surface area contributed by atoms with E-state index in [-0.39, 0.29) is 23.5 Å². The van der Waals surface area contributed by atoms with E-state index in [2.05, 4.69) is 13.8 Å². The molecular weight excluding hydrogens is 296 g/mol. The Kier molecular flexibility index (Phi) is 4.80. The number of rotatable bonds is 8. The summed E-state index contributed by atoms with van der Waals surface area (Å²) in [4.78, 5) is 32.5. The van der Waals surface area contributed by atoms with Crippen LogP contribution in [0, 0.1) is 5.41 Å². The summed E-state index contributed by atoms with van der Waals surface area (Å²) in [6.07, 6.45) is 6.70. The number of ether oxygens (including phenoxy) is 1. The molecule has 0 aromatic carbocycles. The average Bonchev–Trinajstić information content (AvgIpc) is 3.26. The van der Waals surface area contributed by atoms with E-state index in [1.807, 2.05) is 0 Å². The lowest BCUT2D eigenvalue weighted by Gasteiger charge is -2.35. The van der Waals surface area contributed by atoms with Gasteiger partial charge in [-0.3, -0.25) is 4.84 Å². The number of piperidine rings is 1. The molecule has 2 heterocycles. The largest absolute Gasteiger partial charge is 0.464 e. The quantitative estimate of drug-likeness (QED) is 0.509. The molecule has 2 saturated heterocycles. The maximum absolute atomic E-state index is 12.7. The van der Waals surface area contributed by atoms with E-state index in [4.69, 9.17) is 9.57 Å². The molecule has 1 saturated carbocycles. The predicted octanol–water partition coefficient (Wildman–Crippen LogP) is 2.72. The average molecular weight is 324 g/mol. The number of esters is 1. The van der Waals surface area contributed by atoms with Crippen LogP contribution < -0.4 is 0 Å². The highest BCUT2D eigenvalue weighted by Crippen LogP contribution is 2.59. The maximum atomic E-state index is 12.7. The summed E-state index contributed by atoms with van der Waals surface area (Å²) in [5, 5.41) is 1.56. The Morgan fingerprint density at radius 2 is 1.91 bits per heavy atom. The van der Waals surface area contributed by atoms with Crippen LogP contribution in [-0.4, -0.2) is 53.8 Å². The Morgan fingerprint density at radius 1 is 1.22 bits per heavy atom. The fourth-order valence-electron chi connectivity index (χ4n) is 3.71. The summed E-state index contributed by atoms with van der Waals surface area (Å²) in [7, 11) is 0. The standard InChI is InChI=1S/C17H28N2O4/c1-3-5-9-22-15(20)13-11-17(7-8-17)14-12-18(13)16(21)19(14)23-10-6-4-2/h13-14H,3-12H2,1-2H3/t13-,14?/m0/s1. The Balaban J connectivity index is 1.67. The molecule has 130 valence electrons. The second-order valence-electron chi connectivity index (χ2n) is 7.07. The van der Waals surface area contributed by atoms with Crippen LogP contribution in [0.25, 0.3) is 0 Å². The van der Waals surface area contributed by atoms with E-state index in [9.17, 15) is 9.59 Å². The molecule has 6 nitrogen and oxygen atoms in total. The van der Waals surface area contributed by atoms with Crippen molar-refractivity contribution in [3.8, 4) is 0 Å². The molecule has 3 aliphatic rings. The molecular formula is C17H28N2O4. The first kappa shape index (κ1) is 16.6. The Morgan fingerprint density at radius 3 is 2.57 bits per heavy atom. The number of carbonyl (C=O) groups excluding carboxylic acids is 2. The van der Waals surface area contributed by atoms with E-state index >= 15 is 0 Å². The molecule has 0 N–H and O–H groups in total. The van der Waals surface area contributed by atoms with Gasteiger partial charge >= 0.3 is 12.0 Å². The fraction of sp³-hybridized carbons (Fsp3) is 0.882. The van der Waals surface area contributed by atoms with Crippen LogP contribution >= 0.6 is 0 Å². The van der Waals surface area contributed by atoms with Crippen molar-refractivity contribution in [3.63, 3.8) is 0 Å². The maximum Gasteiger partial charge on any atom is 0.345 e. The van der Waals surface area contributed by atoms with Crippen molar-refractivity contribution in [3.05, 3.63) is 0 Å². The van der Waals surface area contributed by atoms with Crippen LogP contribution in [0.1, 0.15) is 58.8 Å². The molecule has 2 atom stereocenters. The Bertz CT molecular complexity index is 464. The first-order valence-corrected chi connectivity index (χ1v) is 9.02. The van der Waals surface area contributed by atoms with Crippen molar-refractivity contribution in [1.29, 1.82) is 0 Å². The van der Waals surface area contributed by atoms with Crippen molar-refractivity contribution in [1.82, 2.24) is 9.96 Å². The van der Waals surface area contributed by atoms with Crippen LogP contribution in [0.4, 0.5) is 4.79 Å². The van der Waals surface area contributed by atoms with Crippen LogP contribution in [-0.2, 0) is 14.4 Å². The molecule has 2 amide bonds. The van der Waals surface area contributed by atoms with Gasteiger partial charge in [-0.25, -0.2) is 9.59 Å². The zero-order chi connectivity index (χ0) is 16.4. The van der Waals surface area contributed by atoms with Crippen molar-refractivity contribution in [2.75, 3.05) is 19.8 Å². The van der Waals surface area contributed by atoms with Gasteiger partial charge < -0.3 is 9.64 Å². The Hall–Kier alpha value is -1.30. The van der Waals surface area contributed by atoms with E-state index in [1.54, 1.807) is 9.96 Å². The molecule has 1 unspecified atom stereocenters. The normalized spacial score (nSPS) is 27.7. The number of hydrogen-bond acceptors (Lipinski definition) is 4. The molecule has 23 heavy (non-hydrogen) atoms. The first-order valence-electron chi connectivity index (χ1n) is 9.02. The van der Waals surface area contributed by atoms with E-state index < -0.39 is 6.04 Å². The molecule has 2 bridgehead atoms. The number of urea groups is 1. The van der Waals surface area contributed by atoms with Gasteiger partial charge in [0.2, 0.25) is 0 Å². The second-order valence-corrected chi connectivity index (χ2v) is 7.07. The summed E-state index contributed by atoms with van der Waals surface area (Å²) in [6.45, 7) is 5.77. The van der Waals surface area contributed by atoms with Crippen LogP contribution in [0.3, 0.4) is 0 Å². The monoisotopic (exact) mass is 324 g/mol. The van der Waals surface area contributed by atoms with Crippen LogP contribution in [0.2, 0.25) is 0 Å². The van der Waals surface area contributed by atoms with Gasteiger partial charge in [-0.15, -0.1) is 0 Å². The minimum absolute atomic E-state index is 0.0727. The van der Waals surface area contributed by atoms with Gasteiger partial charge in [0.25, 0.3) is 0 Å². The van der Waals surface area contributed by atoms with Crippen molar-refractivity contribution >= 4 is 12.0 Å². The zero-order valence-electron chi connectivity index (χ0n) is 14.3. The van der Waals surface area contributed by atoms with Crippen LogP contribution in [0.15, 0.2) is 0 Å². The number of hydroxylamine groups is 2. The number of unbranched alkanes of at least 4 members (excludes halogenated alkanes) is 2. The summed E-state index contributed by atoms with van der Waals surface area (Å²) >= 11 is 0. The highest BCUT2D eigenvalue weighted by Gasteiger charge is 2.64. The number of nitrogens with zero attached hydrogens (tertiary/aromatic N) is 2. The van der Waals surface area contributed by atoms with Gasteiger partial charge in [-0.05, 0) is 37.5 Å². The molecule has 1 aliphatic carbocycles. The van der Waals surface area contributed by atoms with Crippen LogP contribution in [0.5, 0.6) is 0 Å². The van der Waals surface area contributed by atoms with Gasteiger partial charge in [0.1, 0.15) is 6.04 Å². The lowest BCUT2D eigenvalue weighted by molar-refractivity contribution is -0.153.